The second kappa shape index (κ2) is 15.7. The van der Waals surface area contributed by atoms with E-state index in [1.165, 1.54) is 21.0 Å². The topological polar surface area (TPSA) is 156 Å². The molecular formula is C39H39N5O6S4Se. The van der Waals surface area contributed by atoms with Crippen LogP contribution in [0.15, 0.2) is 69.1 Å². The van der Waals surface area contributed by atoms with Gasteiger partial charge in [-0.3, -0.25) is 4.79 Å². The predicted molar refractivity (Wildman–Crippen MR) is 220 cm³/mol. The Morgan fingerprint density at radius 1 is 1.04 bits per heavy atom. The summed E-state index contributed by atoms with van der Waals surface area (Å²) < 4.78 is 39.7. The Morgan fingerprint density at radius 2 is 1.76 bits per heavy atom. The first-order valence-electron chi connectivity index (χ1n) is 18.3. The molecule has 2 aliphatic carbocycles. The van der Waals surface area contributed by atoms with E-state index in [1.807, 2.05) is 11.0 Å². The first-order chi connectivity index (χ1) is 26.4. The molecule has 5 aromatic rings. The Bertz CT molecular complexity index is 2620. The summed E-state index contributed by atoms with van der Waals surface area (Å²) in [5.74, 6) is -1.18. The Balaban J connectivity index is 1.10. The SMILES string of the molecule is CCc1nc2cc3c(cc2s1)S/C(=C\C1=CC2=C/C(=C/c4[se]c5cc6sc(CC)nc6cc5[n+]4CC(=O)NCCCS(=O)(=O)[O-])CCC2CC1)N3CC(=O)O. The summed E-state index contributed by atoms with van der Waals surface area (Å²) in [4.78, 5) is 37.7. The smallest absolute Gasteiger partial charge is 0.480 e. The zero-order chi connectivity index (χ0) is 38.4. The molecule has 286 valence electrons. The molecule has 1 amide bonds. The number of aliphatic carboxylic acids is 1. The van der Waals surface area contributed by atoms with Crippen LogP contribution in [0.5, 0.6) is 0 Å². The number of thiazole rings is 2. The quantitative estimate of drug-likeness (QED) is 0.0610. The van der Waals surface area contributed by atoms with Crippen LogP contribution in [0.2, 0.25) is 0 Å². The molecule has 3 aromatic heterocycles. The summed E-state index contributed by atoms with van der Waals surface area (Å²) in [6.07, 6.45) is 14.7. The van der Waals surface area contributed by atoms with E-state index in [-0.39, 0.29) is 46.5 Å². The van der Waals surface area contributed by atoms with Crippen molar-refractivity contribution in [2.75, 3.05) is 23.7 Å². The number of carboxylic acid groups (broad SMARTS) is 1. The second-order valence-corrected chi connectivity index (χ2v) is 21.0. The molecule has 0 bridgehead atoms. The minimum absolute atomic E-state index is 0.0540. The van der Waals surface area contributed by atoms with E-state index in [0.717, 1.165) is 94.7 Å². The van der Waals surface area contributed by atoms with Crippen molar-refractivity contribution in [3.8, 4) is 0 Å². The maximum atomic E-state index is 13.2. The summed E-state index contributed by atoms with van der Waals surface area (Å²) in [6.45, 7) is 4.25. The summed E-state index contributed by atoms with van der Waals surface area (Å²) >= 11 is 4.95. The Kier molecular flexibility index (Phi) is 10.9. The number of hydrogen-bond donors (Lipinski definition) is 2. The van der Waals surface area contributed by atoms with Gasteiger partial charge in [0, 0.05) is 0 Å². The first kappa shape index (κ1) is 38.3. The third-order valence-electron chi connectivity index (χ3n) is 10.0. The van der Waals surface area contributed by atoms with Gasteiger partial charge in [0.05, 0.1) is 15.2 Å². The fraction of sp³-hybridized carbons (Fsp3) is 0.359. The molecule has 1 aliphatic heterocycles. The molecule has 0 spiro atoms. The number of carbonyl (C=O) groups excluding carboxylic acids is 1. The number of hydrogen-bond acceptors (Lipinski definition) is 11. The van der Waals surface area contributed by atoms with Gasteiger partial charge in [0.1, 0.15) is 0 Å². The summed E-state index contributed by atoms with van der Waals surface area (Å²) in [7, 11) is -4.34. The standard InChI is InChI=1S/C39H39N5O6S4Se/c1-3-35-41-26-16-28-32(18-30(26)51-35)53-37(43(28)21-39(46)47)14-22-6-8-24-9-7-23(13-25(24)12-22)15-38-44(20-34(45)40-10-5-11-54(48,49)50)29-17-27-31(19-33(29)55-38)52-36(4-2)42-27/h12-19,24H,3-11,20-21H2,1-2H3,(H2-,40,45,46,47,48,49,50). The normalized spacial score (nSPS) is 18.7. The number of anilines is 1. The number of aryl methyl sites for hydroxylation is 2. The van der Waals surface area contributed by atoms with Gasteiger partial charge in [-0.25, -0.2) is 4.98 Å². The number of nitrogens with one attached hydrogen (secondary N) is 1. The van der Waals surface area contributed by atoms with Crippen LogP contribution in [0.25, 0.3) is 36.3 Å². The molecule has 4 heterocycles. The van der Waals surface area contributed by atoms with Gasteiger partial charge in [-0.05, 0) is 6.42 Å². The Morgan fingerprint density at radius 3 is 2.49 bits per heavy atom. The number of nitrogens with zero attached hydrogens (tertiary/aromatic N) is 4. The van der Waals surface area contributed by atoms with Crippen LogP contribution >= 0.6 is 34.4 Å². The third kappa shape index (κ3) is 8.41. The van der Waals surface area contributed by atoms with E-state index in [9.17, 15) is 27.7 Å². The van der Waals surface area contributed by atoms with Gasteiger partial charge < -0.3 is 5.11 Å². The molecule has 16 heteroatoms. The van der Waals surface area contributed by atoms with Crippen LogP contribution in [0.3, 0.4) is 0 Å². The zero-order valence-electron chi connectivity index (χ0n) is 30.3. The molecule has 0 saturated carbocycles. The molecule has 0 saturated heterocycles. The van der Waals surface area contributed by atoms with Gasteiger partial charge in [0.2, 0.25) is 0 Å². The molecule has 1 unspecified atom stereocenters. The van der Waals surface area contributed by atoms with Crippen molar-refractivity contribution in [2.45, 2.75) is 70.2 Å². The van der Waals surface area contributed by atoms with E-state index in [0.29, 0.717) is 5.92 Å². The molecule has 2 N–H and O–H groups in total. The van der Waals surface area contributed by atoms with Crippen LogP contribution in [-0.2, 0) is 39.1 Å². The fourth-order valence-electron chi connectivity index (χ4n) is 7.35. The molecule has 8 rings (SSSR count). The van der Waals surface area contributed by atoms with Gasteiger partial charge in [0.15, 0.2) is 0 Å². The van der Waals surface area contributed by atoms with Gasteiger partial charge in [-0.1, -0.05) is 6.92 Å². The van der Waals surface area contributed by atoms with Gasteiger partial charge >= 0.3 is 284 Å². The van der Waals surface area contributed by atoms with Crippen molar-refractivity contribution in [2.24, 2.45) is 5.92 Å². The first-order valence-corrected chi connectivity index (χ1v) is 24.1. The monoisotopic (exact) mass is 881 g/mol. The minimum Gasteiger partial charge on any atom is -0.480 e. The summed E-state index contributed by atoms with van der Waals surface area (Å²) in [6, 6.07) is 8.47. The average molecular weight is 881 g/mol. The van der Waals surface area contributed by atoms with Crippen molar-refractivity contribution in [1.29, 1.82) is 0 Å². The number of carboxylic acids is 1. The number of benzene rings is 2. The van der Waals surface area contributed by atoms with Gasteiger partial charge in [0.25, 0.3) is 0 Å². The van der Waals surface area contributed by atoms with Crippen molar-refractivity contribution in [3.63, 3.8) is 0 Å². The van der Waals surface area contributed by atoms with Gasteiger partial charge in [-0.15, -0.1) is 11.3 Å². The summed E-state index contributed by atoms with van der Waals surface area (Å²) in [5.41, 5.74) is 7.34. The maximum absolute atomic E-state index is 13.2. The molecule has 2 aromatic carbocycles. The van der Waals surface area contributed by atoms with E-state index < -0.39 is 21.8 Å². The molecule has 0 fully saturated rings. The van der Waals surface area contributed by atoms with Crippen molar-refractivity contribution in [3.05, 3.63) is 78.8 Å². The number of rotatable bonds is 12. The molecular weight excluding hydrogens is 842 g/mol. The van der Waals surface area contributed by atoms with Crippen LogP contribution in [0.1, 0.15) is 60.5 Å². The molecule has 55 heavy (non-hydrogen) atoms. The number of carbonyl (C=O) groups is 2. The van der Waals surface area contributed by atoms with Crippen molar-refractivity contribution >= 4 is 113 Å². The van der Waals surface area contributed by atoms with Crippen LogP contribution in [0.4, 0.5) is 5.69 Å². The minimum atomic E-state index is -4.34. The number of allylic oxidation sites excluding steroid dienone is 6. The fourth-order valence-corrected chi connectivity index (χ4v) is 13.5. The third-order valence-corrected chi connectivity index (χ3v) is 16.5. The predicted octanol–water partition coefficient (Wildman–Crippen LogP) is 6.56. The van der Waals surface area contributed by atoms with E-state index >= 15 is 0 Å². The summed E-state index contributed by atoms with van der Waals surface area (Å²) in [5, 5.41) is 15.7. The second-order valence-electron chi connectivity index (χ2n) is 13.9. The molecule has 0 radical (unpaired) electrons. The number of amides is 1. The molecule has 3 aliphatic rings. The number of aromatic nitrogens is 3. The average Bonchev–Trinajstić information content (AvgIpc) is 3.90. The van der Waals surface area contributed by atoms with Crippen molar-refractivity contribution < 1.29 is 32.2 Å². The number of thioether (sulfide) groups is 1. The van der Waals surface area contributed by atoms with Crippen LogP contribution in [-0.4, -0.2) is 73.3 Å². The van der Waals surface area contributed by atoms with Crippen LogP contribution in [0, 0.1) is 5.92 Å². The zero-order valence-corrected chi connectivity index (χ0v) is 35.3. The number of fused-ring (bicyclic) bond motifs is 5. The Hall–Kier alpha value is -3.63. The molecule has 1 atom stereocenters. The van der Waals surface area contributed by atoms with E-state index in [2.05, 4.69) is 66.2 Å². The van der Waals surface area contributed by atoms with E-state index in [4.69, 9.17) is 9.97 Å². The Labute approximate surface area is 337 Å². The van der Waals surface area contributed by atoms with Crippen LogP contribution < -0.4 is 14.8 Å². The van der Waals surface area contributed by atoms with E-state index in [1.54, 1.807) is 34.4 Å². The van der Waals surface area contributed by atoms with Crippen molar-refractivity contribution in [1.82, 2.24) is 15.3 Å². The molecule has 11 nitrogen and oxygen atoms in total. The van der Waals surface area contributed by atoms with Gasteiger partial charge in [-0.2, -0.15) is 0 Å².